The van der Waals surface area contributed by atoms with Gasteiger partial charge in [-0.2, -0.15) is 5.10 Å². The first-order valence-electron chi connectivity index (χ1n) is 5.79. The van der Waals surface area contributed by atoms with Gasteiger partial charge in [0.15, 0.2) is 11.0 Å². The summed E-state index contributed by atoms with van der Waals surface area (Å²) in [5, 5.41) is 15.8. The van der Waals surface area contributed by atoms with Crippen molar-refractivity contribution in [1.29, 1.82) is 0 Å². The standard InChI is InChI=1S/C12H16ClN5/c1-8-9(2)12(17-16-11(8)13)14-6-4-10-5-7-15-18(10)3/h5,7H,4,6H2,1-3H3,(H,14,17). The third kappa shape index (κ3) is 2.61. The Bertz CT molecular complexity index is 549. The summed E-state index contributed by atoms with van der Waals surface area (Å²) in [6.45, 7) is 4.72. The Labute approximate surface area is 111 Å². The van der Waals surface area contributed by atoms with Crippen LogP contribution in [0.3, 0.4) is 0 Å². The SMILES string of the molecule is Cc1c(Cl)nnc(NCCc2ccnn2C)c1C. The van der Waals surface area contributed by atoms with Crippen molar-refractivity contribution < 1.29 is 0 Å². The van der Waals surface area contributed by atoms with E-state index < -0.39 is 0 Å². The minimum absolute atomic E-state index is 0.463. The van der Waals surface area contributed by atoms with Gasteiger partial charge in [-0.1, -0.05) is 11.6 Å². The number of nitrogens with zero attached hydrogens (tertiary/aromatic N) is 4. The highest BCUT2D eigenvalue weighted by Gasteiger charge is 2.07. The molecule has 0 bridgehead atoms. The van der Waals surface area contributed by atoms with Crippen LogP contribution in [0.15, 0.2) is 12.3 Å². The van der Waals surface area contributed by atoms with Gasteiger partial charge in [0.25, 0.3) is 0 Å². The zero-order valence-corrected chi connectivity index (χ0v) is 11.5. The smallest absolute Gasteiger partial charge is 0.155 e. The van der Waals surface area contributed by atoms with Crippen molar-refractivity contribution in [2.24, 2.45) is 7.05 Å². The van der Waals surface area contributed by atoms with Crippen LogP contribution in [0.4, 0.5) is 5.82 Å². The zero-order chi connectivity index (χ0) is 13.1. The predicted octanol–water partition coefficient (Wildman–Crippen LogP) is 2.13. The first-order valence-corrected chi connectivity index (χ1v) is 6.17. The van der Waals surface area contributed by atoms with Gasteiger partial charge in [0.2, 0.25) is 0 Å². The third-order valence-corrected chi connectivity index (χ3v) is 3.42. The molecular weight excluding hydrogens is 250 g/mol. The number of nitrogens with one attached hydrogen (secondary N) is 1. The minimum atomic E-state index is 0.463. The highest BCUT2D eigenvalue weighted by Crippen LogP contribution is 2.20. The average molecular weight is 266 g/mol. The Morgan fingerprint density at radius 1 is 1.28 bits per heavy atom. The summed E-state index contributed by atoms with van der Waals surface area (Å²) < 4.78 is 1.87. The lowest BCUT2D eigenvalue weighted by atomic mass is 10.2. The molecule has 0 aliphatic rings. The molecule has 18 heavy (non-hydrogen) atoms. The van der Waals surface area contributed by atoms with E-state index in [1.54, 1.807) is 6.20 Å². The Kier molecular flexibility index (Phi) is 3.81. The maximum absolute atomic E-state index is 5.91. The third-order valence-electron chi connectivity index (χ3n) is 3.06. The van der Waals surface area contributed by atoms with Crippen molar-refractivity contribution >= 4 is 17.4 Å². The van der Waals surface area contributed by atoms with Crippen LogP contribution < -0.4 is 5.32 Å². The second kappa shape index (κ2) is 5.35. The fourth-order valence-corrected chi connectivity index (χ4v) is 1.88. The molecule has 2 aromatic heterocycles. The average Bonchev–Trinajstić information content (AvgIpc) is 2.75. The van der Waals surface area contributed by atoms with E-state index in [2.05, 4.69) is 20.6 Å². The van der Waals surface area contributed by atoms with Crippen LogP contribution in [0.2, 0.25) is 5.15 Å². The molecule has 0 fully saturated rings. The molecule has 0 radical (unpaired) electrons. The Morgan fingerprint density at radius 2 is 2.06 bits per heavy atom. The molecule has 2 rings (SSSR count). The van der Waals surface area contributed by atoms with Gasteiger partial charge in [0, 0.05) is 31.9 Å². The number of rotatable bonds is 4. The van der Waals surface area contributed by atoms with E-state index in [-0.39, 0.29) is 0 Å². The molecule has 0 amide bonds. The molecule has 6 heteroatoms. The topological polar surface area (TPSA) is 55.6 Å². The van der Waals surface area contributed by atoms with E-state index in [0.717, 1.165) is 29.9 Å². The quantitative estimate of drug-likeness (QED) is 0.920. The van der Waals surface area contributed by atoms with Crippen molar-refractivity contribution in [2.45, 2.75) is 20.3 Å². The van der Waals surface area contributed by atoms with Gasteiger partial charge < -0.3 is 5.32 Å². The van der Waals surface area contributed by atoms with Crippen LogP contribution >= 0.6 is 11.6 Å². The monoisotopic (exact) mass is 265 g/mol. The molecule has 2 aromatic rings. The molecule has 0 spiro atoms. The molecule has 1 N–H and O–H groups in total. The van der Waals surface area contributed by atoms with E-state index in [0.29, 0.717) is 5.15 Å². The maximum atomic E-state index is 5.91. The summed E-state index contributed by atoms with van der Waals surface area (Å²) in [5.41, 5.74) is 3.19. The van der Waals surface area contributed by atoms with Crippen molar-refractivity contribution in [3.63, 3.8) is 0 Å². The van der Waals surface area contributed by atoms with Gasteiger partial charge in [0.1, 0.15) is 0 Å². The highest BCUT2D eigenvalue weighted by atomic mass is 35.5. The minimum Gasteiger partial charge on any atom is -0.368 e. The molecule has 0 atom stereocenters. The summed E-state index contributed by atoms with van der Waals surface area (Å²) in [7, 11) is 1.94. The first-order chi connectivity index (χ1) is 8.59. The number of anilines is 1. The lowest BCUT2D eigenvalue weighted by Gasteiger charge is -2.10. The predicted molar refractivity (Wildman–Crippen MR) is 71.9 cm³/mol. The van der Waals surface area contributed by atoms with Gasteiger partial charge >= 0.3 is 0 Å². The number of aromatic nitrogens is 4. The molecular formula is C12H16ClN5. The van der Waals surface area contributed by atoms with E-state index in [9.17, 15) is 0 Å². The molecule has 96 valence electrons. The fraction of sp³-hybridized carbons (Fsp3) is 0.417. The first kappa shape index (κ1) is 12.8. The summed E-state index contributed by atoms with van der Waals surface area (Å²) in [5.74, 6) is 0.791. The molecule has 0 unspecified atom stereocenters. The number of hydrogen-bond acceptors (Lipinski definition) is 4. The maximum Gasteiger partial charge on any atom is 0.155 e. The van der Waals surface area contributed by atoms with Crippen LogP contribution in [-0.2, 0) is 13.5 Å². The molecule has 0 aliphatic heterocycles. The summed E-state index contributed by atoms with van der Waals surface area (Å²) in [6, 6.07) is 2.01. The van der Waals surface area contributed by atoms with Crippen molar-refractivity contribution in [3.8, 4) is 0 Å². The molecule has 2 heterocycles. The fourth-order valence-electron chi connectivity index (χ4n) is 1.70. The number of halogens is 1. The Balaban J connectivity index is 1.99. The second-order valence-corrected chi connectivity index (χ2v) is 4.57. The van der Waals surface area contributed by atoms with Crippen LogP contribution in [0, 0.1) is 13.8 Å². The Hall–Kier alpha value is -1.62. The van der Waals surface area contributed by atoms with Gasteiger partial charge in [-0.3, -0.25) is 4.68 Å². The van der Waals surface area contributed by atoms with E-state index in [4.69, 9.17) is 11.6 Å². The van der Waals surface area contributed by atoms with Crippen molar-refractivity contribution in [2.75, 3.05) is 11.9 Å². The van der Waals surface area contributed by atoms with E-state index >= 15 is 0 Å². The summed E-state index contributed by atoms with van der Waals surface area (Å²) >= 11 is 5.91. The zero-order valence-electron chi connectivity index (χ0n) is 10.7. The largest absolute Gasteiger partial charge is 0.368 e. The van der Waals surface area contributed by atoms with Crippen LogP contribution in [-0.4, -0.2) is 26.5 Å². The van der Waals surface area contributed by atoms with Crippen molar-refractivity contribution in [3.05, 3.63) is 34.2 Å². The molecule has 0 saturated heterocycles. The number of hydrogen-bond donors (Lipinski definition) is 1. The lowest BCUT2D eigenvalue weighted by molar-refractivity contribution is 0.710. The van der Waals surface area contributed by atoms with Crippen LogP contribution in [0.25, 0.3) is 0 Å². The van der Waals surface area contributed by atoms with Gasteiger partial charge in [-0.15, -0.1) is 10.2 Å². The highest BCUT2D eigenvalue weighted by molar-refractivity contribution is 6.30. The second-order valence-electron chi connectivity index (χ2n) is 4.21. The summed E-state index contributed by atoms with van der Waals surface area (Å²) in [4.78, 5) is 0. The van der Waals surface area contributed by atoms with Crippen LogP contribution in [0.5, 0.6) is 0 Å². The normalized spacial score (nSPS) is 10.7. The van der Waals surface area contributed by atoms with Crippen LogP contribution in [0.1, 0.15) is 16.8 Å². The van der Waals surface area contributed by atoms with Gasteiger partial charge in [-0.25, -0.2) is 0 Å². The molecule has 0 aliphatic carbocycles. The Morgan fingerprint density at radius 3 is 2.72 bits per heavy atom. The van der Waals surface area contributed by atoms with Gasteiger partial charge in [-0.05, 0) is 31.0 Å². The number of aryl methyl sites for hydroxylation is 1. The molecule has 0 saturated carbocycles. The summed E-state index contributed by atoms with van der Waals surface area (Å²) in [6.07, 6.45) is 2.69. The molecule has 5 nitrogen and oxygen atoms in total. The van der Waals surface area contributed by atoms with Crippen molar-refractivity contribution in [1.82, 2.24) is 20.0 Å². The van der Waals surface area contributed by atoms with Gasteiger partial charge in [0.05, 0.1) is 0 Å². The molecule has 0 aromatic carbocycles. The van der Waals surface area contributed by atoms with E-state index in [1.165, 1.54) is 5.69 Å². The van der Waals surface area contributed by atoms with E-state index in [1.807, 2.05) is 31.6 Å². The lowest BCUT2D eigenvalue weighted by Crippen LogP contribution is -2.11.